The molecule has 4 rings (SSSR count). The molecule has 2 N–H and O–H groups in total. The van der Waals surface area contributed by atoms with E-state index in [1.165, 1.54) is 43.4 Å². The van der Waals surface area contributed by atoms with E-state index >= 15 is 0 Å². The van der Waals surface area contributed by atoms with E-state index in [4.69, 9.17) is 0 Å². The minimum absolute atomic E-state index is 0.0684. The number of hydrogen-bond donors (Lipinski definition) is 2. The van der Waals surface area contributed by atoms with Crippen LogP contribution < -0.4 is 10.6 Å². The molecule has 0 saturated heterocycles. The number of nitrogens with zero attached hydrogens (tertiary/aromatic N) is 2. The van der Waals surface area contributed by atoms with Crippen LogP contribution in [0.5, 0.6) is 0 Å². The van der Waals surface area contributed by atoms with Crippen LogP contribution in [0, 0.1) is 5.82 Å². The van der Waals surface area contributed by atoms with Crippen LogP contribution in [-0.2, 0) is 0 Å². The van der Waals surface area contributed by atoms with Crippen LogP contribution in [0.3, 0.4) is 0 Å². The van der Waals surface area contributed by atoms with Crippen molar-refractivity contribution >= 4 is 5.91 Å². The molecule has 1 amide bonds. The van der Waals surface area contributed by atoms with Gasteiger partial charge in [0.05, 0.1) is 12.2 Å². The Morgan fingerprint density at radius 2 is 2.12 bits per heavy atom. The van der Waals surface area contributed by atoms with Crippen molar-refractivity contribution in [2.75, 3.05) is 13.1 Å². The van der Waals surface area contributed by atoms with Crippen molar-refractivity contribution in [3.63, 3.8) is 0 Å². The number of halogens is 1. The molecule has 1 aliphatic carbocycles. The van der Waals surface area contributed by atoms with Crippen LogP contribution in [0.25, 0.3) is 11.3 Å². The molecule has 1 aliphatic heterocycles. The Kier molecular flexibility index (Phi) is 4.84. The van der Waals surface area contributed by atoms with Crippen molar-refractivity contribution in [2.45, 2.75) is 38.3 Å². The maximum Gasteiger partial charge on any atom is 0.269 e. The van der Waals surface area contributed by atoms with Gasteiger partial charge >= 0.3 is 0 Å². The van der Waals surface area contributed by atoms with E-state index in [-0.39, 0.29) is 17.9 Å². The summed E-state index contributed by atoms with van der Waals surface area (Å²) in [6, 6.07) is 7.93. The standard InChI is InChI=1S/C20H23FN4O/c21-16-8-6-15(7-9-16)17-12-18-20(26)23-13-19(25(18)24-17)22-11-10-14-4-2-1-3-5-14/h4,6-9,12,19,22H,1-3,5,10-11,13H2,(H,23,26)/t19-/m0/s1. The lowest BCUT2D eigenvalue weighted by Crippen LogP contribution is -2.45. The normalized spacial score (nSPS) is 19.7. The van der Waals surface area contributed by atoms with Gasteiger partial charge in [-0.25, -0.2) is 9.07 Å². The van der Waals surface area contributed by atoms with Crippen molar-refractivity contribution in [3.8, 4) is 11.3 Å². The second-order valence-corrected chi connectivity index (χ2v) is 6.90. The molecule has 2 aliphatic rings. The fourth-order valence-corrected chi connectivity index (χ4v) is 3.62. The summed E-state index contributed by atoms with van der Waals surface area (Å²) in [5, 5.41) is 11.0. The SMILES string of the molecule is O=C1NC[C@@H](NCCC2=CCCCC2)n2nc(-c3ccc(F)cc3)cc21. The van der Waals surface area contributed by atoms with Gasteiger partial charge in [-0.1, -0.05) is 11.6 Å². The smallest absolute Gasteiger partial charge is 0.269 e. The summed E-state index contributed by atoms with van der Waals surface area (Å²) in [4.78, 5) is 12.2. The highest BCUT2D eigenvalue weighted by Crippen LogP contribution is 2.24. The number of hydrogen-bond acceptors (Lipinski definition) is 3. The molecule has 0 bridgehead atoms. The highest BCUT2D eigenvalue weighted by Gasteiger charge is 2.27. The van der Waals surface area contributed by atoms with Crippen molar-refractivity contribution in [1.29, 1.82) is 0 Å². The van der Waals surface area contributed by atoms with Crippen molar-refractivity contribution in [3.05, 3.63) is 53.5 Å². The molecule has 1 aromatic carbocycles. The highest BCUT2D eigenvalue weighted by molar-refractivity contribution is 5.94. The molecular weight excluding hydrogens is 331 g/mol. The monoisotopic (exact) mass is 354 g/mol. The Bertz CT molecular complexity index is 825. The maximum atomic E-state index is 13.1. The zero-order chi connectivity index (χ0) is 17.9. The summed E-state index contributed by atoms with van der Waals surface area (Å²) in [6.07, 6.45) is 8.31. The molecule has 6 heteroatoms. The second-order valence-electron chi connectivity index (χ2n) is 6.90. The lowest BCUT2D eigenvalue weighted by Gasteiger charge is -2.26. The van der Waals surface area contributed by atoms with E-state index < -0.39 is 0 Å². The molecule has 26 heavy (non-hydrogen) atoms. The number of nitrogens with one attached hydrogen (secondary N) is 2. The van der Waals surface area contributed by atoms with Gasteiger partial charge in [-0.15, -0.1) is 0 Å². The number of carbonyl (C=O) groups excluding carboxylic acids is 1. The van der Waals surface area contributed by atoms with Gasteiger partial charge in [-0.2, -0.15) is 5.10 Å². The topological polar surface area (TPSA) is 59.0 Å². The Morgan fingerprint density at radius 3 is 2.88 bits per heavy atom. The first-order chi connectivity index (χ1) is 12.7. The van der Waals surface area contributed by atoms with Gasteiger partial charge < -0.3 is 5.32 Å². The van der Waals surface area contributed by atoms with Gasteiger partial charge in [-0.05, 0) is 62.4 Å². The van der Waals surface area contributed by atoms with E-state index in [0.29, 0.717) is 17.9 Å². The quantitative estimate of drug-likeness (QED) is 0.809. The first kappa shape index (κ1) is 17.0. The van der Waals surface area contributed by atoms with Crippen molar-refractivity contribution in [1.82, 2.24) is 20.4 Å². The maximum absolute atomic E-state index is 13.1. The summed E-state index contributed by atoms with van der Waals surface area (Å²) in [5.74, 6) is -0.411. The van der Waals surface area contributed by atoms with Gasteiger partial charge in [0.2, 0.25) is 0 Å². The fourth-order valence-electron chi connectivity index (χ4n) is 3.62. The number of amides is 1. The largest absolute Gasteiger partial charge is 0.347 e. The van der Waals surface area contributed by atoms with Gasteiger partial charge in [0.15, 0.2) is 0 Å². The molecule has 136 valence electrons. The van der Waals surface area contributed by atoms with Crippen LogP contribution in [-0.4, -0.2) is 28.8 Å². The average molecular weight is 354 g/mol. The summed E-state index contributed by atoms with van der Waals surface area (Å²) in [5.41, 5.74) is 3.53. The third-order valence-corrected chi connectivity index (χ3v) is 5.07. The zero-order valence-corrected chi connectivity index (χ0v) is 14.7. The Labute approximate surface area is 152 Å². The molecule has 1 atom stereocenters. The number of rotatable bonds is 5. The number of allylic oxidation sites excluding steroid dienone is 1. The fraction of sp³-hybridized carbons (Fsp3) is 0.400. The summed E-state index contributed by atoms with van der Waals surface area (Å²) < 4.78 is 14.9. The first-order valence-electron chi connectivity index (χ1n) is 9.26. The number of benzene rings is 1. The molecule has 0 spiro atoms. The average Bonchev–Trinajstić information content (AvgIpc) is 3.11. The van der Waals surface area contributed by atoms with Gasteiger partial charge in [0.1, 0.15) is 17.7 Å². The molecule has 0 radical (unpaired) electrons. The van der Waals surface area contributed by atoms with Crippen LogP contribution in [0.15, 0.2) is 42.0 Å². The molecule has 1 aromatic heterocycles. The summed E-state index contributed by atoms with van der Waals surface area (Å²) in [6.45, 7) is 1.37. The van der Waals surface area contributed by atoms with E-state index in [1.807, 2.05) is 0 Å². The molecule has 0 saturated carbocycles. The zero-order valence-electron chi connectivity index (χ0n) is 14.7. The summed E-state index contributed by atoms with van der Waals surface area (Å²) >= 11 is 0. The summed E-state index contributed by atoms with van der Waals surface area (Å²) in [7, 11) is 0. The highest BCUT2D eigenvalue weighted by atomic mass is 19.1. The molecule has 0 fully saturated rings. The van der Waals surface area contributed by atoms with Gasteiger partial charge in [0.25, 0.3) is 5.91 Å². The third kappa shape index (κ3) is 3.55. The van der Waals surface area contributed by atoms with Crippen molar-refractivity contribution < 1.29 is 9.18 Å². The Morgan fingerprint density at radius 1 is 1.27 bits per heavy atom. The van der Waals surface area contributed by atoms with Crippen LogP contribution in [0.4, 0.5) is 4.39 Å². The Hall–Kier alpha value is -2.47. The lowest BCUT2D eigenvalue weighted by atomic mass is 9.97. The predicted octanol–water partition coefficient (Wildman–Crippen LogP) is 3.41. The molecule has 2 aromatic rings. The minimum atomic E-state index is -0.285. The van der Waals surface area contributed by atoms with Crippen LogP contribution >= 0.6 is 0 Å². The van der Waals surface area contributed by atoms with Gasteiger partial charge in [-0.3, -0.25) is 10.1 Å². The molecular formula is C20H23FN4O. The van der Waals surface area contributed by atoms with E-state index in [9.17, 15) is 9.18 Å². The number of carbonyl (C=O) groups is 1. The van der Waals surface area contributed by atoms with Gasteiger partial charge in [0, 0.05) is 12.1 Å². The number of aromatic nitrogens is 2. The lowest BCUT2D eigenvalue weighted by molar-refractivity contribution is 0.0900. The third-order valence-electron chi connectivity index (χ3n) is 5.07. The Balaban J connectivity index is 1.49. The molecule has 0 unspecified atom stereocenters. The number of fused-ring (bicyclic) bond motifs is 1. The van der Waals surface area contributed by atoms with Crippen molar-refractivity contribution in [2.24, 2.45) is 0 Å². The first-order valence-corrected chi connectivity index (χ1v) is 9.26. The molecule has 2 heterocycles. The van der Waals surface area contributed by atoms with Crippen LogP contribution in [0.2, 0.25) is 0 Å². The second kappa shape index (κ2) is 7.41. The minimum Gasteiger partial charge on any atom is -0.347 e. The van der Waals surface area contributed by atoms with Crippen LogP contribution in [0.1, 0.15) is 48.8 Å². The van der Waals surface area contributed by atoms with E-state index in [0.717, 1.165) is 18.5 Å². The predicted molar refractivity (Wildman–Crippen MR) is 98.2 cm³/mol. The molecule has 5 nitrogen and oxygen atoms in total. The van der Waals surface area contributed by atoms with E-state index in [2.05, 4.69) is 21.8 Å². The van der Waals surface area contributed by atoms with E-state index in [1.54, 1.807) is 22.9 Å².